The van der Waals surface area contributed by atoms with Crippen LogP contribution in [0.5, 0.6) is 0 Å². The van der Waals surface area contributed by atoms with E-state index in [1.54, 1.807) is 6.07 Å². The Kier molecular flexibility index (Phi) is 5.35. The number of piperidine rings is 1. The van der Waals surface area contributed by atoms with Crippen LogP contribution >= 0.6 is 0 Å². The predicted octanol–water partition coefficient (Wildman–Crippen LogP) is 1.50. The van der Waals surface area contributed by atoms with Gasteiger partial charge in [-0.1, -0.05) is 6.42 Å². The first-order chi connectivity index (χ1) is 11.2. The summed E-state index contributed by atoms with van der Waals surface area (Å²) in [5.74, 6) is 0.545. The summed E-state index contributed by atoms with van der Waals surface area (Å²) in [4.78, 5) is 14.9. The third-order valence-corrected chi connectivity index (χ3v) is 5.15. The van der Waals surface area contributed by atoms with Crippen molar-refractivity contribution in [3.8, 4) is 0 Å². The Balaban J connectivity index is 1.65. The van der Waals surface area contributed by atoms with Crippen LogP contribution in [0.4, 0.5) is 0 Å². The third-order valence-electron chi connectivity index (χ3n) is 5.15. The van der Waals surface area contributed by atoms with Crippen molar-refractivity contribution in [2.75, 3.05) is 32.8 Å². The van der Waals surface area contributed by atoms with Crippen LogP contribution in [-0.2, 0) is 11.3 Å². The summed E-state index contributed by atoms with van der Waals surface area (Å²) in [5, 5.41) is 3.11. The number of ether oxygens (including phenoxy) is 1. The number of amides is 1. The number of nitrogens with two attached hydrogens (primary N) is 1. The van der Waals surface area contributed by atoms with Gasteiger partial charge in [-0.05, 0) is 44.8 Å². The van der Waals surface area contributed by atoms with E-state index in [4.69, 9.17) is 14.9 Å². The van der Waals surface area contributed by atoms with Crippen LogP contribution in [0, 0.1) is 0 Å². The van der Waals surface area contributed by atoms with E-state index in [1.807, 2.05) is 0 Å². The molecule has 0 spiro atoms. The van der Waals surface area contributed by atoms with Gasteiger partial charge in [-0.15, -0.1) is 0 Å². The van der Waals surface area contributed by atoms with Crippen LogP contribution in [0.3, 0.4) is 0 Å². The molecule has 2 saturated heterocycles. The zero-order valence-corrected chi connectivity index (χ0v) is 13.7. The van der Waals surface area contributed by atoms with Gasteiger partial charge in [-0.2, -0.15) is 0 Å². The molecule has 1 aromatic heterocycles. The van der Waals surface area contributed by atoms with Crippen LogP contribution in [0.1, 0.15) is 48.2 Å². The van der Waals surface area contributed by atoms with Gasteiger partial charge in [-0.3, -0.25) is 9.69 Å². The summed E-state index contributed by atoms with van der Waals surface area (Å²) in [5.41, 5.74) is 6.11. The number of carbonyl (C=O) groups is 1. The number of hydrogen-bond donors (Lipinski definition) is 2. The van der Waals surface area contributed by atoms with Gasteiger partial charge in [0.15, 0.2) is 0 Å². The number of nitrogens with zero attached hydrogens (tertiary/aromatic N) is 1. The number of nitrogens with one attached hydrogen (secondary N) is 1. The molecular formula is C17H27N3O3. The van der Waals surface area contributed by atoms with Crippen molar-refractivity contribution in [3.05, 3.63) is 23.7 Å². The molecule has 3 N–H and O–H groups in total. The summed E-state index contributed by atoms with van der Waals surface area (Å²) in [6.45, 7) is 4.77. The van der Waals surface area contributed by atoms with Crippen molar-refractivity contribution >= 4 is 5.91 Å². The van der Waals surface area contributed by atoms with E-state index < -0.39 is 0 Å². The molecule has 3 heterocycles. The van der Waals surface area contributed by atoms with E-state index in [2.05, 4.69) is 10.2 Å². The quantitative estimate of drug-likeness (QED) is 0.859. The van der Waals surface area contributed by atoms with E-state index >= 15 is 0 Å². The molecular weight excluding hydrogens is 294 g/mol. The Bertz CT molecular complexity index is 517. The highest BCUT2D eigenvalue weighted by molar-refractivity contribution is 5.94. The SMILES string of the molecule is NCc1cc(C(=O)NCC2(N3CCCCC3)CCOCC2)co1. The fourth-order valence-corrected chi connectivity index (χ4v) is 3.68. The second-order valence-electron chi connectivity index (χ2n) is 6.57. The third kappa shape index (κ3) is 3.76. The van der Waals surface area contributed by atoms with Crippen molar-refractivity contribution in [2.45, 2.75) is 44.2 Å². The highest BCUT2D eigenvalue weighted by Gasteiger charge is 2.39. The van der Waals surface area contributed by atoms with Crippen molar-refractivity contribution < 1.29 is 13.9 Å². The molecule has 0 aliphatic carbocycles. The van der Waals surface area contributed by atoms with Crippen LogP contribution in [0.25, 0.3) is 0 Å². The molecule has 0 bridgehead atoms. The normalized spacial score (nSPS) is 22.0. The minimum Gasteiger partial charge on any atom is -0.467 e. The smallest absolute Gasteiger partial charge is 0.254 e. The van der Waals surface area contributed by atoms with Crippen molar-refractivity contribution in [2.24, 2.45) is 5.73 Å². The van der Waals surface area contributed by atoms with Gasteiger partial charge in [0.25, 0.3) is 5.91 Å². The van der Waals surface area contributed by atoms with Gasteiger partial charge < -0.3 is 20.2 Å². The minimum absolute atomic E-state index is 0.0365. The standard InChI is InChI=1S/C17H27N3O3/c18-11-15-10-14(12-23-15)16(21)19-13-17(4-8-22-9-5-17)20-6-2-1-3-7-20/h10,12H,1-9,11,13,18H2,(H,19,21). The summed E-state index contributed by atoms with van der Waals surface area (Å²) >= 11 is 0. The number of hydrogen-bond acceptors (Lipinski definition) is 5. The number of likely N-dealkylation sites (tertiary alicyclic amines) is 1. The van der Waals surface area contributed by atoms with Crippen LogP contribution in [0.2, 0.25) is 0 Å². The average Bonchev–Trinajstić information content (AvgIpc) is 3.10. The van der Waals surface area contributed by atoms with E-state index in [1.165, 1.54) is 25.5 Å². The molecule has 23 heavy (non-hydrogen) atoms. The first kappa shape index (κ1) is 16.5. The molecule has 0 radical (unpaired) electrons. The van der Waals surface area contributed by atoms with Crippen molar-refractivity contribution in [1.82, 2.24) is 10.2 Å². The Labute approximate surface area is 137 Å². The molecule has 1 aromatic rings. The second-order valence-corrected chi connectivity index (χ2v) is 6.57. The Hall–Kier alpha value is -1.37. The van der Waals surface area contributed by atoms with Gasteiger partial charge >= 0.3 is 0 Å². The highest BCUT2D eigenvalue weighted by Crippen LogP contribution is 2.30. The highest BCUT2D eigenvalue weighted by atomic mass is 16.5. The summed E-state index contributed by atoms with van der Waals surface area (Å²) < 4.78 is 10.8. The van der Waals surface area contributed by atoms with E-state index in [-0.39, 0.29) is 11.4 Å². The lowest BCUT2D eigenvalue weighted by atomic mass is 9.86. The Morgan fingerprint density at radius 2 is 2.00 bits per heavy atom. The maximum absolute atomic E-state index is 12.4. The molecule has 2 aliphatic heterocycles. The second kappa shape index (κ2) is 7.47. The minimum atomic E-state index is -0.0867. The molecule has 0 aromatic carbocycles. The fourth-order valence-electron chi connectivity index (χ4n) is 3.68. The van der Waals surface area contributed by atoms with Crippen LogP contribution in [0.15, 0.2) is 16.7 Å². The molecule has 0 unspecified atom stereocenters. The molecule has 128 valence electrons. The van der Waals surface area contributed by atoms with Gasteiger partial charge in [0.1, 0.15) is 12.0 Å². The maximum atomic E-state index is 12.4. The Morgan fingerprint density at radius 3 is 2.65 bits per heavy atom. The zero-order valence-electron chi connectivity index (χ0n) is 13.7. The molecule has 2 fully saturated rings. The number of carbonyl (C=O) groups excluding carboxylic acids is 1. The lowest BCUT2D eigenvalue weighted by molar-refractivity contribution is -0.0349. The number of rotatable bonds is 5. The molecule has 1 amide bonds. The molecule has 3 rings (SSSR count). The summed E-state index contributed by atoms with van der Waals surface area (Å²) in [6.07, 6.45) is 7.25. The largest absolute Gasteiger partial charge is 0.467 e. The summed E-state index contributed by atoms with van der Waals surface area (Å²) in [6, 6.07) is 1.72. The van der Waals surface area contributed by atoms with E-state index in [0.717, 1.165) is 39.1 Å². The fraction of sp³-hybridized carbons (Fsp3) is 0.706. The predicted molar refractivity (Wildman–Crippen MR) is 87.1 cm³/mol. The lowest BCUT2D eigenvalue weighted by Crippen LogP contribution is -2.59. The van der Waals surface area contributed by atoms with Gasteiger partial charge in [0, 0.05) is 25.3 Å². The lowest BCUT2D eigenvalue weighted by Gasteiger charge is -2.48. The molecule has 2 aliphatic rings. The van der Waals surface area contributed by atoms with Crippen LogP contribution < -0.4 is 11.1 Å². The molecule has 6 heteroatoms. The summed E-state index contributed by atoms with van der Waals surface area (Å²) in [7, 11) is 0. The van der Waals surface area contributed by atoms with Crippen LogP contribution in [-0.4, -0.2) is 49.2 Å². The average molecular weight is 321 g/mol. The van der Waals surface area contributed by atoms with Gasteiger partial charge in [-0.25, -0.2) is 0 Å². The van der Waals surface area contributed by atoms with E-state index in [0.29, 0.717) is 24.4 Å². The molecule has 6 nitrogen and oxygen atoms in total. The zero-order chi connectivity index (χ0) is 16.1. The first-order valence-corrected chi connectivity index (χ1v) is 8.62. The monoisotopic (exact) mass is 321 g/mol. The van der Waals surface area contributed by atoms with Gasteiger partial charge in [0.2, 0.25) is 0 Å². The Morgan fingerprint density at radius 1 is 1.26 bits per heavy atom. The van der Waals surface area contributed by atoms with Gasteiger partial charge in [0.05, 0.1) is 12.1 Å². The first-order valence-electron chi connectivity index (χ1n) is 8.62. The van der Waals surface area contributed by atoms with Crippen molar-refractivity contribution in [1.29, 1.82) is 0 Å². The number of furan rings is 1. The van der Waals surface area contributed by atoms with Crippen molar-refractivity contribution in [3.63, 3.8) is 0 Å². The maximum Gasteiger partial charge on any atom is 0.254 e. The van der Waals surface area contributed by atoms with E-state index in [9.17, 15) is 4.79 Å². The topological polar surface area (TPSA) is 80.7 Å². The molecule has 0 atom stereocenters. The molecule has 0 saturated carbocycles.